The highest BCUT2D eigenvalue weighted by Crippen LogP contribution is 2.34. The van der Waals surface area contributed by atoms with E-state index in [2.05, 4.69) is 32.9 Å². The lowest BCUT2D eigenvalue weighted by Crippen LogP contribution is -2.46. The van der Waals surface area contributed by atoms with Crippen LogP contribution in [0.15, 0.2) is 23.3 Å². The van der Waals surface area contributed by atoms with Crippen LogP contribution in [0, 0.1) is 17.3 Å². The Labute approximate surface area is 201 Å². The maximum Gasteiger partial charge on any atom is 0.306 e. The minimum atomic E-state index is -0.979. The van der Waals surface area contributed by atoms with Crippen molar-refractivity contribution in [1.82, 2.24) is 0 Å². The molecular weight excluding hydrogens is 420 g/mol. The lowest BCUT2D eigenvalue weighted by molar-refractivity contribution is -0.150. The normalized spacial score (nSPS) is 17.9. The van der Waals surface area contributed by atoms with Gasteiger partial charge in [0.05, 0.1) is 30.1 Å². The molecule has 0 aromatic carbocycles. The molecule has 0 aliphatic rings. The maximum atomic E-state index is 13.3. The Kier molecular flexibility index (Phi) is 14.7. The van der Waals surface area contributed by atoms with Crippen LogP contribution in [-0.4, -0.2) is 56.5 Å². The number of carboxylic acids is 1. The van der Waals surface area contributed by atoms with Gasteiger partial charge in [-0.25, -0.2) is 0 Å². The van der Waals surface area contributed by atoms with Gasteiger partial charge in [-0.05, 0) is 57.9 Å². The summed E-state index contributed by atoms with van der Waals surface area (Å²) in [5.74, 6) is -1.19. The Morgan fingerprint density at radius 2 is 1.64 bits per heavy atom. The smallest absolute Gasteiger partial charge is 0.306 e. The number of Topliss-reactive ketones (excluding diaryl/α,β-unsaturated/α-hetero) is 1. The topological polar surface area (TPSA) is 82.1 Å². The van der Waals surface area contributed by atoms with Crippen molar-refractivity contribution in [3.8, 4) is 0 Å². The van der Waals surface area contributed by atoms with Crippen molar-refractivity contribution in [2.24, 2.45) is 17.3 Å². The van der Waals surface area contributed by atoms with Crippen LogP contribution in [0.1, 0.15) is 80.6 Å². The monoisotopic (exact) mass is 468 g/mol. The number of methoxy groups -OCH3 is 3. The van der Waals surface area contributed by atoms with Gasteiger partial charge in [0, 0.05) is 27.2 Å². The van der Waals surface area contributed by atoms with E-state index < -0.39 is 17.5 Å². The Morgan fingerprint density at radius 3 is 2.09 bits per heavy atom. The summed E-state index contributed by atoms with van der Waals surface area (Å²) in [6.07, 6.45) is 7.13. The number of ether oxygens (including phenoxy) is 3. The molecule has 0 heterocycles. The molecule has 0 saturated carbocycles. The molecule has 0 rings (SSSR count). The molecular formula is C27H48O6. The minimum Gasteiger partial charge on any atom is -0.481 e. The quantitative estimate of drug-likeness (QED) is 0.270. The number of carbonyl (C=O) groups excluding carboxylic acids is 1. The van der Waals surface area contributed by atoms with Gasteiger partial charge in [0.25, 0.3) is 0 Å². The summed E-state index contributed by atoms with van der Waals surface area (Å²) in [4.78, 5) is 24.5. The molecule has 0 spiro atoms. The highest BCUT2D eigenvalue weighted by molar-refractivity contribution is 5.87. The van der Waals surface area contributed by atoms with Crippen LogP contribution < -0.4 is 0 Å². The molecule has 0 aliphatic heterocycles. The minimum absolute atomic E-state index is 0.0321. The van der Waals surface area contributed by atoms with Crippen LogP contribution in [0.25, 0.3) is 0 Å². The van der Waals surface area contributed by atoms with Crippen LogP contribution in [0.3, 0.4) is 0 Å². The van der Waals surface area contributed by atoms with Gasteiger partial charge in [-0.3, -0.25) is 9.59 Å². The van der Waals surface area contributed by atoms with Crippen molar-refractivity contribution in [2.45, 2.75) is 98.9 Å². The Morgan fingerprint density at radius 1 is 1.03 bits per heavy atom. The molecule has 0 fully saturated rings. The second-order valence-corrected chi connectivity index (χ2v) is 9.81. The van der Waals surface area contributed by atoms with Gasteiger partial charge in [0.15, 0.2) is 0 Å². The zero-order valence-electron chi connectivity index (χ0n) is 22.6. The van der Waals surface area contributed by atoms with Gasteiger partial charge in [0.1, 0.15) is 5.78 Å². The molecule has 0 aliphatic carbocycles. The van der Waals surface area contributed by atoms with E-state index in [1.54, 1.807) is 28.1 Å². The van der Waals surface area contributed by atoms with Gasteiger partial charge >= 0.3 is 5.97 Å². The Bertz CT molecular complexity index is 664. The zero-order chi connectivity index (χ0) is 25.8. The second kappa shape index (κ2) is 15.4. The molecule has 0 saturated heterocycles. The van der Waals surface area contributed by atoms with Crippen LogP contribution >= 0.6 is 0 Å². The van der Waals surface area contributed by atoms with Crippen molar-refractivity contribution in [3.63, 3.8) is 0 Å². The molecule has 5 unspecified atom stereocenters. The fraction of sp³-hybridized carbons (Fsp3) is 0.778. The van der Waals surface area contributed by atoms with E-state index >= 15 is 0 Å². The molecule has 0 radical (unpaired) electrons. The SMILES string of the molecule is C/C=C(\C)C(CC=C(C)CCCC(C)C(OC)C(C)C(=O)C(C)(C)C(CC(=O)O)OC)OC. The van der Waals surface area contributed by atoms with Crippen LogP contribution in [0.5, 0.6) is 0 Å². The number of rotatable bonds is 17. The standard InChI is InChI=1S/C27H48O6/c1-11-19(3)22(31-8)16-15-18(2)13-12-14-20(4)25(33-10)21(5)26(30)27(6,7)23(32-9)17-24(28)29/h11,15,20-23,25H,12-14,16-17H2,1-10H3,(H,28,29)/b18-15?,19-11+. The van der Waals surface area contributed by atoms with E-state index in [1.165, 1.54) is 18.3 Å². The number of allylic oxidation sites excluding steroid dienone is 2. The number of carbonyl (C=O) groups is 2. The predicted octanol–water partition coefficient (Wildman–Crippen LogP) is 5.85. The van der Waals surface area contributed by atoms with E-state index in [0.717, 1.165) is 25.7 Å². The van der Waals surface area contributed by atoms with Crippen LogP contribution in [0.2, 0.25) is 0 Å². The molecule has 0 bridgehead atoms. The molecule has 0 aromatic heterocycles. The third-order valence-corrected chi connectivity index (χ3v) is 6.98. The van der Waals surface area contributed by atoms with Gasteiger partial charge in [-0.1, -0.05) is 45.4 Å². The summed E-state index contributed by atoms with van der Waals surface area (Å²) in [7, 11) is 4.84. The highest BCUT2D eigenvalue weighted by atomic mass is 16.5. The van der Waals surface area contributed by atoms with E-state index in [1.807, 2.05) is 13.8 Å². The first-order valence-electron chi connectivity index (χ1n) is 12.0. The predicted molar refractivity (Wildman–Crippen MR) is 133 cm³/mol. The summed E-state index contributed by atoms with van der Waals surface area (Å²) < 4.78 is 16.7. The number of hydrogen-bond acceptors (Lipinski definition) is 5. The van der Waals surface area contributed by atoms with Gasteiger partial charge < -0.3 is 19.3 Å². The highest BCUT2D eigenvalue weighted by Gasteiger charge is 2.43. The third-order valence-electron chi connectivity index (χ3n) is 6.98. The molecule has 5 atom stereocenters. The summed E-state index contributed by atoms with van der Waals surface area (Å²) in [5.41, 5.74) is 1.65. The van der Waals surface area contributed by atoms with Gasteiger partial charge in [-0.15, -0.1) is 0 Å². The molecule has 6 heteroatoms. The van der Waals surface area contributed by atoms with E-state index in [0.29, 0.717) is 0 Å². The number of ketones is 1. The number of aliphatic carboxylic acids is 1. The first-order chi connectivity index (χ1) is 15.4. The molecule has 1 N–H and O–H groups in total. The molecule has 0 aromatic rings. The third kappa shape index (κ3) is 10.1. The average Bonchev–Trinajstić information content (AvgIpc) is 2.76. The number of carboxylic acid groups (broad SMARTS) is 1. The molecule has 6 nitrogen and oxygen atoms in total. The van der Waals surface area contributed by atoms with Crippen molar-refractivity contribution < 1.29 is 28.9 Å². The fourth-order valence-electron chi connectivity index (χ4n) is 4.55. The second-order valence-electron chi connectivity index (χ2n) is 9.81. The average molecular weight is 469 g/mol. The lowest BCUT2D eigenvalue weighted by atomic mass is 9.72. The summed E-state index contributed by atoms with van der Waals surface area (Å²) in [6.45, 7) is 13.8. The van der Waals surface area contributed by atoms with Crippen molar-refractivity contribution >= 4 is 11.8 Å². The van der Waals surface area contributed by atoms with Crippen molar-refractivity contribution in [3.05, 3.63) is 23.3 Å². The van der Waals surface area contributed by atoms with Crippen LogP contribution in [-0.2, 0) is 23.8 Å². The molecule has 0 amide bonds. The first-order valence-corrected chi connectivity index (χ1v) is 12.0. The first kappa shape index (κ1) is 31.5. The summed E-state index contributed by atoms with van der Waals surface area (Å²) in [6, 6.07) is 0. The lowest BCUT2D eigenvalue weighted by Gasteiger charge is -2.36. The van der Waals surface area contributed by atoms with Gasteiger partial charge in [-0.2, -0.15) is 0 Å². The van der Waals surface area contributed by atoms with Crippen molar-refractivity contribution in [1.29, 1.82) is 0 Å². The van der Waals surface area contributed by atoms with Crippen molar-refractivity contribution in [2.75, 3.05) is 21.3 Å². The zero-order valence-corrected chi connectivity index (χ0v) is 22.6. The van der Waals surface area contributed by atoms with Gasteiger partial charge in [0.2, 0.25) is 0 Å². The maximum absolute atomic E-state index is 13.3. The Hall–Kier alpha value is -1.50. The largest absolute Gasteiger partial charge is 0.481 e. The molecule has 33 heavy (non-hydrogen) atoms. The Balaban J connectivity index is 5.01. The summed E-state index contributed by atoms with van der Waals surface area (Å²) >= 11 is 0. The summed E-state index contributed by atoms with van der Waals surface area (Å²) in [5, 5.41) is 9.18. The van der Waals surface area contributed by atoms with E-state index in [4.69, 9.17) is 14.2 Å². The molecule has 192 valence electrons. The van der Waals surface area contributed by atoms with E-state index in [-0.39, 0.29) is 36.2 Å². The fourth-order valence-corrected chi connectivity index (χ4v) is 4.55. The van der Waals surface area contributed by atoms with Crippen LogP contribution in [0.4, 0.5) is 0 Å². The van der Waals surface area contributed by atoms with E-state index in [9.17, 15) is 14.7 Å². The number of hydrogen-bond donors (Lipinski definition) is 1.